The number of amides is 1. The number of hydrogen-bond donors (Lipinski definition) is 1. The second-order valence-corrected chi connectivity index (χ2v) is 5.83. The van der Waals surface area contributed by atoms with Gasteiger partial charge in [0, 0.05) is 23.6 Å². The zero-order chi connectivity index (χ0) is 18.6. The Bertz CT molecular complexity index is 665. The topological polar surface area (TPSA) is 66.0 Å². The van der Waals surface area contributed by atoms with Crippen LogP contribution >= 0.6 is 11.8 Å². The normalized spacial score (nSPS) is 14.6. The molecule has 1 N–H and O–H groups in total. The van der Waals surface area contributed by atoms with E-state index in [-0.39, 0.29) is 29.5 Å². The highest BCUT2D eigenvalue weighted by atomic mass is 32.2. The van der Waals surface area contributed by atoms with Crippen LogP contribution in [-0.2, 0) is 9.53 Å². The minimum Gasteiger partial charge on any atom is -0.493 e. The van der Waals surface area contributed by atoms with Crippen molar-refractivity contribution in [2.75, 3.05) is 39.0 Å². The highest BCUT2D eigenvalue weighted by Crippen LogP contribution is 2.41. The molecule has 1 aromatic carbocycles. The number of methoxy groups -OCH3 is 3. The smallest absolute Gasteiger partial charge is 0.450 e. The molecular formula is C15H16F3NO5S. The van der Waals surface area contributed by atoms with Gasteiger partial charge in [-0.15, -0.1) is 11.8 Å². The molecule has 1 amide bonds. The van der Waals surface area contributed by atoms with Gasteiger partial charge in [0.1, 0.15) is 4.91 Å². The molecule has 1 heterocycles. The van der Waals surface area contributed by atoms with Crippen LogP contribution in [0.1, 0.15) is 0 Å². The van der Waals surface area contributed by atoms with Crippen LogP contribution in [0.3, 0.4) is 0 Å². The fourth-order valence-corrected chi connectivity index (χ4v) is 3.00. The molecule has 0 saturated heterocycles. The molecule has 0 atom stereocenters. The van der Waals surface area contributed by atoms with Crippen molar-refractivity contribution in [3.8, 4) is 17.2 Å². The van der Waals surface area contributed by atoms with Crippen molar-refractivity contribution < 1.29 is 36.9 Å². The maximum Gasteiger partial charge on any atom is 0.450 e. The lowest BCUT2D eigenvalue weighted by Gasteiger charge is -2.22. The van der Waals surface area contributed by atoms with Crippen LogP contribution in [0.2, 0.25) is 0 Å². The number of hydrogen-bond acceptors (Lipinski definition) is 6. The van der Waals surface area contributed by atoms with Crippen LogP contribution in [0.25, 0.3) is 0 Å². The van der Waals surface area contributed by atoms with Crippen molar-refractivity contribution in [3.05, 3.63) is 22.8 Å². The van der Waals surface area contributed by atoms with Crippen LogP contribution in [0, 0.1) is 0 Å². The van der Waals surface area contributed by atoms with Crippen LogP contribution < -0.4 is 19.5 Å². The number of halogens is 3. The third-order valence-electron chi connectivity index (χ3n) is 3.17. The number of alkyl halides is 3. The Balaban J connectivity index is 2.35. The molecule has 0 bridgehead atoms. The van der Waals surface area contributed by atoms with E-state index in [4.69, 9.17) is 14.2 Å². The number of carbonyl (C=O) groups excluding carboxylic acids is 1. The van der Waals surface area contributed by atoms with Gasteiger partial charge in [0.05, 0.1) is 27.9 Å². The standard InChI is InChI=1S/C15H16F3NO5S/c1-21-9-6-8(7-10(22-2)11(9)23-3)19-14(20)12-13(15(16,17)18)24-4-5-25-12/h6-7H,4-5H2,1-3H3,(H,19,20). The number of carbonyl (C=O) groups is 1. The lowest BCUT2D eigenvalue weighted by atomic mass is 10.2. The summed E-state index contributed by atoms with van der Waals surface area (Å²) < 4.78 is 59.1. The SMILES string of the molecule is COc1cc(NC(=O)C2=C(C(F)(F)F)OCCS2)cc(OC)c1OC. The maximum absolute atomic E-state index is 13.0. The van der Waals surface area contributed by atoms with Gasteiger partial charge in [-0.05, 0) is 0 Å². The summed E-state index contributed by atoms with van der Waals surface area (Å²) in [7, 11) is 4.19. The van der Waals surface area contributed by atoms with E-state index in [1.165, 1.54) is 33.5 Å². The number of rotatable bonds is 5. The minimum absolute atomic E-state index is 0.111. The molecule has 0 aromatic heterocycles. The van der Waals surface area contributed by atoms with Crippen molar-refractivity contribution in [2.24, 2.45) is 0 Å². The Morgan fingerprint density at radius 2 is 1.76 bits per heavy atom. The summed E-state index contributed by atoms with van der Waals surface area (Å²) in [5, 5.41) is 2.40. The van der Waals surface area contributed by atoms with Crippen LogP contribution in [0.4, 0.5) is 18.9 Å². The third kappa shape index (κ3) is 4.25. The second-order valence-electron chi connectivity index (χ2n) is 4.72. The quantitative estimate of drug-likeness (QED) is 0.848. The van der Waals surface area contributed by atoms with Gasteiger partial charge >= 0.3 is 6.18 Å². The number of allylic oxidation sites excluding steroid dienone is 1. The summed E-state index contributed by atoms with van der Waals surface area (Å²) in [6.45, 7) is -0.111. The highest BCUT2D eigenvalue weighted by molar-refractivity contribution is 8.04. The van der Waals surface area contributed by atoms with Crippen LogP contribution in [-0.4, -0.2) is 45.8 Å². The van der Waals surface area contributed by atoms with E-state index in [2.05, 4.69) is 10.1 Å². The fraction of sp³-hybridized carbons (Fsp3) is 0.400. The predicted octanol–water partition coefficient (Wildman–Crippen LogP) is 3.19. The average molecular weight is 379 g/mol. The molecule has 2 rings (SSSR count). The van der Waals surface area contributed by atoms with E-state index < -0.39 is 22.7 Å². The number of nitrogens with one attached hydrogen (secondary N) is 1. The number of ether oxygens (including phenoxy) is 4. The van der Waals surface area contributed by atoms with Gasteiger partial charge in [0.2, 0.25) is 11.5 Å². The van der Waals surface area contributed by atoms with E-state index in [0.717, 1.165) is 11.8 Å². The van der Waals surface area contributed by atoms with E-state index in [9.17, 15) is 18.0 Å². The highest BCUT2D eigenvalue weighted by Gasteiger charge is 2.42. The van der Waals surface area contributed by atoms with Gasteiger partial charge in [-0.2, -0.15) is 13.2 Å². The predicted molar refractivity (Wildman–Crippen MR) is 86.2 cm³/mol. The first-order chi connectivity index (χ1) is 11.8. The molecule has 0 fully saturated rings. The molecule has 0 spiro atoms. The number of anilines is 1. The van der Waals surface area contributed by atoms with E-state index in [1.807, 2.05) is 0 Å². The zero-order valence-corrected chi connectivity index (χ0v) is 14.5. The Kier molecular flexibility index (Phi) is 5.93. The summed E-state index contributed by atoms with van der Waals surface area (Å²) in [4.78, 5) is 11.8. The van der Waals surface area contributed by atoms with Gasteiger partial charge < -0.3 is 24.3 Å². The molecular weight excluding hydrogens is 363 g/mol. The minimum atomic E-state index is -4.74. The first-order valence-electron chi connectivity index (χ1n) is 7.00. The van der Waals surface area contributed by atoms with Gasteiger partial charge in [-0.1, -0.05) is 0 Å². The first-order valence-corrected chi connectivity index (χ1v) is 7.98. The van der Waals surface area contributed by atoms with Crippen molar-refractivity contribution >= 4 is 23.4 Å². The largest absolute Gasteiger partial charge is 0.493 e. The molecule has 1 aliphatic rings. The third-order valence-corrected chi connectivity index (χ3v) is 4.20. The monoisotopic (exact) mass is 379 g/mol. The van der Waals surface area contributed by atoms with Crippen molar-refractivity contribution in [3.63, 3.8) is 0 Å². The maximum atomic E-state index is 13.0. The molecule has 0 saturated carbocycles. The summed E-state index contributed by atoms with van der Waals surface area (Å²) in [6.07, 6.45) is -4.74. The van der Waals surface area contributed by atoms with Gasteiger partial charge in [0.25, 0.3) is 5.91 Å². The molecule has 1 aromatic rings. The summed E-state index contributed by atoms with van der Waals surface area (Å²) in [5.74, 6) is -1.14. The fourth-order valence-electron chi connectivity index (χ4n) is 2.14. The molecule has 6 nitrogen and oxygen atoms in total. The van der Waals surface area contributed by atoms with E-state index >= 15 is 0 Å². The Morgan fingerprint density at radius 3 is 2.24 bits per heavy atom. The van der Waals surface area contributed by atoms with Crippen molar-refractivity contribution in [1.29, 1.82) is 0 Å². The molecule has 1 aliphatic heterocycles. The van der Waals surface area contributed by atoms with Crippen molar-refractivity contribution in [1.82, 2.24) is 0 Å². The zero-order valence-electron chi connectivity index (χ0n) is 13.7. The van der Waals surface area contributed by atoms with Gasteiger partial charge in [0.15, 0.2) is 11.5 Å². The molecule has 0 radical (unpaired) electrons. The van der Waals surface area contributed by atoms with Gasteiger partial charge in [-0.3, -0.25) is 4.79 Å². The van der Waals surface area contributed by atoms with Crippen LogP contribution in [0.5, 0.6) is 17.2 Å². The molecule has 0 unspecified atom stereocenters. The van der Waals surface area contributed by atoms with E-state index in [1.54, 1.807) is 0 Å². The average Bonchev–Trinajstić information content (AvgIpc) is 2.59. The lowest BCUT2D eigenvalue weighted by Crippen LogP contribution is -2.26. The van der Waals surface area contributed by atoms with Crippen LogP contribution in [0.15, 0.2) is 22.8 Å². The summed E-state index contributed by atoms with van der Waals surface area (Å²) in [5.41, 5.74) is 0.194. The van der Waals surface area contributed by atoms with Gasteiger partial charge in [-0.25, -0.2) is 0 Å². The number of thioether (sulfide) groups is 1. The molecule has 0 aliphatic carbocycles. The Hall–Kier alpha value is -2.23. The summed E-state index contributed by atoms with van der Waals surface area (Å²) in [6, 6.07) is 2.84. The molecule has 25 heavy (non-hydrogen) atoms. The molecule has 10 heteroatoms. The Morgan fingerprint density at radius 1 is 1.16 bits per heavy atom. The Labute approximate surface area is 146 Å². The first kappa shape index (κ1) is 19.1. The second kappa shape index (κ2) is 7.77. The number of benzene rings is 1. The molecule has 138 valence electrons. The van der Waals surface area contributed by atoms with E-state index in [0.29, 0.717) is 5.75 Å². The summed E-state index contributed by atoms with van der Waals surface area (Å²) >= 11 is 0.788. The van der Waals surface area contributed by atoms with Crippen molar-refractivity contribution in [2.45, 2.75) is 6.18 Å². The lowest BCUT2D eigenvalue weighted by molar-refractivity contribution is -0.133.